The highest BCUT2D eigenvalue weighted by molar-refractivity contribution is 6.31. The van der Waals surface area contributed by atoms with Gasteiger partial charge in [0.2, 0.25) is 0 Å². The number of benzene rings is 3. The van der Waals surface area contributed by atoms with Crippen LogP contribution in [0.15, 0.2) is 48.5 Å². The lowest BCUT2D eigenvalue weighted by Crippen LogP contribution is -2.41. The summed E-state index contributed by atoms with van der Waals surface area (Å²) in [5.41, 5.74) is -1.41. The average Bonchev–Trinajstić information content (AvgIpc) is 2.91. The summed E-state index contributed by atoms with van der Waals surface area (Å²) in [5, 5.41) is 44.9. The summed E-state index contributed by atoms with van der Waals surface area (Å²) >= 11 is 5.90. The van der Waals surface area contributed by atoms with E-state index in [1.165, 1.54) is 17.7 Å². The van der Waals surface area contributed by atoms with Crippen LogP contribution < -0.4 is 0 Å². The Morgan fingerprint density at radius 2 is 1.55 bits per heavy atom. The molecule has 0 unspecified atom stereocenters. The zero-order valence-electron chi connectivity index (χ0n) is 21.7. The molecule has 2 aliphatic rings. The van der Waals surface area contributed by atoms with E-state index in [2.05, 4.69) is 0 Å². The number of halogens is 1. The molecule has 4 N–H and O–H groups in total. The topological polar surface area (TPSA) is 141 Å². The SMILES string of the molecule is O=C(C[C@@]1(O)Cc2c(O)c3c(c(O)c2[C@@H](O)C1)C(=O)c1ccccc1C3=O)OCCCCCc1ccc(Cl)cc1. The fourth-order valence-electron chi connectivity index (χ4n) is 5.68. The number of unbranched alkanes of at least 4 members (excludes halogenated alkanes) is 2. The van der Waals surface area contributed by atoms with E-state index in [0.717, 1.165) is 19.3 Å². The first kappa shape index (κ1) is 27.8. The van der Waals surface area contributed by atoms with Gasteiger partial charge in [0.15, 0.2) is 11.6 Å². The monoisotopic (exact) mass is 564 g/mol. The lowest BCUT2D eigenvalue weighted by Gasteiger charge is -2.37. The van der Waals surface area contributed by atoms with Crippen LogP contribution in [0.4, 0.5) is 0 Å². The van der Waals surface area contributed by atoms with Crippen molar-refractivity contribution in [3.05, 3.63) is 92.5 Å². The highest BCUT2D eigenvalue weighted by atomic mass is 35.5. The number of esters is 1. The minimum Gasteiger partial charge on any atom is -0.507 e. The number of hydrogen-bond acceptors (Lipinski definition) is 8. The number of hydrogen-bond donors (Lipinski definition) is 4. The molecule has 0 bridgehead atoms. The van der Waals surface area contributed by atoms with Gasteiger partial charge in [0.1, 0.15) is 11.5 Å². The van der Waals surface area contributed by atoms with Crippen molar-refractivity contribution in [2.24, 2.45) is 0 Å². The Morgan fingerprint density at radius 3 is 2.20 bits per heavy atom. The zero-order chi connectivity index (χ0) is 28.6. The molecule has 0 amide bonds. The number of ether oxygens (including phenoxy) is 1. The van der Waals surface area contributed by atoms with Crippen LogP contribution in [-0.4, -0.2) is 50.2 Å². The summed E-state index contributed by atoms with van der Waals surface area (Å²) in [6.45, 7) is 0.171. The number of phenolic OH excluding ortho intramolecular Hbond substituents is 2. The van der Waals surface area contributed by atoms with Crippen LogP contribution in [0.5, 0.6) is 11.5 Å². The molecule has 0 fully saturated rings. The first-order chi connectivity index (χ1) is 19.1. The molecule has 0 aromatic heterocycles. The normalized spacial score (nSPS) is 19.5. The van der Waals surface area contributed by atoms with E-state index in [1.54, 1.807) is 12.1 Å². The van der Waals surface area contributed by atoms with Gasteiger partial charge >= 0.3 is 5.97 Å². The van der Waals surface area contributed by atoms with Crippen LogP contribution in [-0.2, 0) is 22.4 Å². The van der Waals surface area contributed by atoms with Crippen LogP contribution in [0.1, 0.15) is 86.7 Å². The minimum absolute atomic E-state index is 0.0759. The van der Waals surface area contributed by atoms with Gasteiger partial charge in [-0.25, -0.2) is 0 Å². The van der Waals surface area contributed by atoms with Gasteiger partial charge < -0.3 is 25.2 Å². The van der Waals surface area contributed by atoms with Crippen molar-refractivity contribution in [3.8, 4) is 11.5 Å². The predicted molar refractivity (Wildman–Crippen MR) is 146 cm³/mol. The van der Waals surface area contributed by atoms with Gasteiger partial charge in [0, 0.05) is 40.1 Å². The van der Waals surface area contributed by atoms with Crippen LogP contribution in [0, 0.1) is 0 Å². The van der Waals surface area contributed by atoms with E-state index in [4.69, 9.17) is 16.3 Å². The van der Waals surface area contributed by atoms with Crippen LogP contribution >= 0.6 is 11.6 Å². The van der Waals surface area contributed by atoms with Crippen molar-refractivity contribution in [2.45, 2.75) is 56.7 Å². The number of ketones is 2. The lowest BCUT2D eigenvalue weighted by atomic mass is 9.72. The number of fused-ring (bicyclic) bond motifs is 3. The molecule has 3 aromatic carbocycles. The molecule has 0 aliphatic heterocycles. The molecule has 5 rings (SSSR count). The summed E-state index contributed by atoms with van der Waals surface area (Å²) in [5.74, 6) is -3.17. The minimum atomic E-state index is -1.80. The number of phenols is 2. The Labute approximate surface area is 235 Å². The Kier molecular flexibility index (Phi) is 7.68. The second-order valence-electron chi connectivity index (χ2n) is 10.5. The number of aryl methyl sites for hydroxylation is 1. The van der Waals surface area contributed by atoms with E-state index < -0.39 is 47.2 Å². The third kappa shape index (κ3) is 5.22. The highest BCUT2D eigenvalue weighted by Crippen LogP contribution is 2.50. The van der Waals surface area contributed by atoms with Crippen LogP contribution in [0.25, 0.3) is 0 Å². The van der Waals surface area contributed by atoms with Crippen molar-refractivity contribution >= 4 is 29.1 Å². The molecular formula is C31H29ClO8. The number of aliphatic hydroxyl groups is 2. The van der Waals surface area contributed by atoms with Crippen molar-refractivity contribution in [3.63, 3.8) is 0 Å². The van der Waals surface area contributed by atoms with Gasteiger partial charge in [-0.15, -0.1) is 0 Å². The Morgan fingerprint density at radius 1 is 0.925 bits per heavy atom. The molecule has 0 saturated heterocycles. The molecule has 40 heavy (non-hydrogen) atoms. The van der Waals surface area contributed by atoms with Crippen molar-refractivity contribution in [1.29, 1.82) is 0 Å². The van der Waals surface area contributed by atoms with E-state index >= 15 is 0 Å². The summed E-state index contributed by atoms with van der Waals surface area (Å²) in [6, 6.07) is 13.7. The van der Waals surface area contributed by atoms with Gasteiger partial charge in [-0.1, -0.05) is 48.0 Å². The second kappa shape index (κ2) is 11.0. The van der Waals surface area contributed by atoms with Gasteiger partial charge in [-0.3, -0.25) is 14.4 Å². The third-order valence-corrected chi connectivity index (χ3v) is 7.88. The Bertz CT molecular complexity index is 1500. The number of aliphatic hydroxyl groups excluding tert-OH is 1. The van der Waals surface area contributed by atoms with E-state index in [1.807, 2.05) is 24.3 Å². The molecule has 0 spiro atoms. The standard InChI is InChI=1S/C31H29ClO8/c32-18-11-9-17(10-12-18)6-2-1-5-13-40-23(34)16-31(39)14-21-24(22(33)15-31)30(38)26-25(29(21)37)27(35)19-7-3-4-8-20(19)28(26)36/h3-4,7-12,22,33,37-39H,1-2,5-6,13-16H2/t22-,31+/m0/s1. The van der Waals surface area contributed by atoms with Crippen LogP contribution in [0.3, 0.4) is 0 Å². The number of rotatable bonds is 8. The quantitative estimate of drug-likeness (QED) is 0.138. The molecule has 9 heteroatoms. The molecule has 8 nitrogen and oxygen atoms in total. The van der Waals surface area contributed by atoms with E-state index in [9.17, 15) is 34.8 Å². The molecule has 2 atom stereocenters. The Balaban J connectivity index is 1.25. The van der Waals surface area contributed by atoms with E-state index in [-0.39, 0.29) is 52.8 Å². The summed E-state index contributed by atoms with van der Waals surface area (Å²) in [7, 11) is 0. The Hall–Kier alpha value is -3.72. The van der Waals surface area contributed by atoms with Crippen molar-refractivity contribution < 1.29 is 39.5 Å². The molecule has 0 radical (unpaired) electrons. The van der Waals surface area contributed by atoms with E-state index in [0.29, 0.717) is 11.4 Å². The predicted octanol–water partition coefficient (Wildman–Crippen LogP) is 4.58. The smallest absolute Gasteiger partial charge is 0.308 e. The first-order valence-corrected chi connectivity index (χ1v) is 13.6. The zero-order valence-corrected chi connectivity index (χ0v) is 22.4. The number of aromatic hydroxyl groups is 2. The van der Waals surface area contributed by atoms with Crippen molar-refractivity contribution in [2.75, 3.05) is 6.61 Å². The van der Waals surface area contributed by atoms with Gasteiger partial charge in [0.05, 0.1) is 35.9 Å². The van der Waals surface area contributed by atoms with Gasteiger partial charge in [-0.05, 0) is 43.4 Å². The molecule has 0 heterocycles. The number of carbonyl (C=O) groups excluding carboxylic acids is 3. The summed E-state index contributed by atoms with van der Waals surface area (Å²) < 4.78 is 5.31. The summed E-state index contributed by atoms with van der Waals surface area (Å²) in [4.78, 5) is 38.9. The van der Waals surface area contributed by atoms with Gasteiger partial charge in [-0.2, -0.15) is 0 Å². The van der Waals surface area contributed by atoms with Crippen LogP contribution in [0.2, 0.25) is 5.02 Å². The molecule has 0 saturated carbocycles. The molecular weight excluding hydrogens is 536 g/mol. The molecule has 2 aliphatic carbocycles. The summed E-state index contributed by atoms with van der Waals surface area (Å²) in [6.07, 6.45) is 0.646. The molecule has 208 valence electrons. The van der Waals surface area contributed by atoms with Gasteiger partial charge in [0.25, 0.3) is 0 Å². The average molecular weight is 565 g/mol. The fraction of sp³-hybridized carbons (Fsp3) is 0.323. The first-order valence-electron chi connectivity index (χ1n) is 13.2. The van der Waals surface area contributed by atoms with Crippen molar-refractivity contribution in [1.82, 2.24) is 0 Å². The highest BCUT2D eigenvalue weighted by Gasteiger charge is 2.46. The maximum absolute atomic E-state index is 13.2. The second-order valence-corrected chi connectivity index (χ2v) is 10.9. The fourth-order valence-corrected chi connectivity index (χ4v) is 5.81. The lowest BCUT2D eigenvalue weighted by molar-refractivity contribution is -0.151. The maximum atomic E-state index is 13.2. The largest absolute Gasteiger partial charge is 0.507 e. The third-order valence-electron chi connectivity index (χ3n) is 7.63. The molecule has 3 aromatic rings. The maximum Gasteiger partial charge on any atom is 0.308 e. The number of carbonyl (C=O) groups is 3.